The number of nitrogens with zero attached hydrogens (tertiary/aromatic N) is 5. The number of pyridine rings is 1. The summed E-state index contributed by atoms with van der Waals surface area (Å²) >= 11 is 1.26. The molecule has 3 aliphatic rings. The van der Waals surface area contributed by atoms with Gasteiger partial charge in [-0.15, -0.1) is 22.0 Å². The first-order valence-electron chi connectivity index (χ1n) is 11.9. The zero-order chi connectivity index (χ0) is 23.2. The molecule has 6 rings (SSSR count). The molecule has 7 nitrogen and oxygen atoms in total. The molecule has 2 aromatic heterocycles. The summed E-state index contributed by atoms with van der Waals surface area (Å²) in [4.78, 5) is 11.1. The van der Waals surface area contributed by atoms with Gasteiger partial charge >= 0.3 is 0 Å². The highest BCUT2D eigenvalue weighted by molar-refractivity contribution is 7.98. The summed E-state index contributed by atoms with van der Waals surface area (Å²) in [6.07, 6.45) is 12.4. The van der Waals surface area contributed by atoms with Crippen LogP contribution in [0.15, 0.2) is 41.7 Å². The first-order valence-corrected chi connectivity index (χ1v) is 13.1. The molecule has 3 fully saturated rings. The first-order chi connectivity index (χ1) is 16.6. The average Bonchev–Trinajstić information content (AvgIpc) is 3.62. The molecule has 1 aromatic carbocycles. The SMILES string of the molecule is CSc1ncc(-c2ccc(-c3ncc(N(C4CC4)C4C[C@H]5CC[C@@H](C4)N5)nn3)c(O)c2)cc1F. The monoisotopic (exact) mass is 478 g/mol. The van der Waals surface area contributed by atoms with Crippen LogP contribution >= 0.6 is 11.8 Å². The van der Waals surface area contributed by atoms with E-state index in [0.717, 1.165) is 18.7 Å². The largest absolute Gasteiger partial charge is 0.507 e. The maximum Gasteiger partial charge on any atom is 0.185 e. The Balaban J connectivity index is 1.24. The van der Waals surface area contributed by atoms with Crippen molar-refractivity contribution in [1.82, 2.24) is 25.5 Å². The van der Waals surface area contributed by atoms with E-state index in [1.54, 1.807) is 30.8 Å². The van der Waals surface area contributed by atoms with Crippen LogP contribution in [0.4, 0.5) is 10.2 Å². The number of anilines is 1. The molecule has 9 heteroatoms. The minimum Gasteiger partial charge on any atom is -0.507 e. The molecular formula is C25H27FN6OS. The van der Waals surface area contributed by atoms with E-state index in [-0.39, 0.29) is 11.6 Å². The van der Waals surface area contributed by atoms with E-state index in [1.165, 1.54) is 43.5 Å². The Hall–Kier alpha value is -2.78. The number of thioether (sulfide) groups is 1. The number of benzene rings is 1. The maximum atomic E-state index is 14.1. The van der Waals surface area contributed by atoms with Gasteiger partial charge in [0.25, 0.3) is 0 Å². The number of hydrogen-bond acceptors (Lipinski definition) is 8. The summed E-state index contributed by atoms with van der Waals surface area (Å²) < 4.78 is 14.1. The van der Waals surface area contributed by atoms with E-state index in [2.05, 4.69) is 30.4 Å². The Kier molecular flexibility index (Phi) is 5.61. The van der Waals surface area contributed by atoms with Gasteiger partial charge in [-0.1, -0.05) is 6.07 Å². The third-order valence-corrected chi connectivity index (χ3v) is 7.86. The predicted molar refractivity (Wildman–Crippen MR) is 130 cm³/mol. The number of phenols is 1. The van der Waals surface area contributed by atoms with Crippen LogP contribution in [0.1, 0.15) is 38.5 Å². The molecule has 1 aliphatic carbocycles. The Labute approximate surface area is 202 Å². The fourth-order valence-electron chi connectivity index (χ4n) is 5.42. The van der Waals surface area contributed by atoms with Crippen LogP contribution in [0.2, 0.25) is 0 Å². The topological polar surface area (TPSA) is 87.1 Å². The van der Waals surface area contributed by atoms with Crippen LogP contribution in [0.3, 0.4) is 0 Å². The number of hydrogen-bond donors (Lipinski definition) is 2. The van der Waals surface area contributed by atoms with Crippen molar-refractivity contribution >= 4 is 17.6 Å². The van der Waals surface area contributed by atoms with E-state index in [9.17, 15) is 9.50 Å². The lowest BCUT2D eigenvalue weighted by molar-refractivity contribution is 0.343. The molecule has 2 saturated heterocycles. The lowest BCUT2D eigenvalue weighted by atomic mass is 9.98. The summed E-state index contributed by atoms with van der Waals surface area (Å²) in [5.74, 6) is 0.842. The Morgan fingerprint density at radius 2 is 1.76 bits per heavy atom. The summed E-state index contributed by atoms with van der Waals surface area (Å²) in [6.45, 7) is 0. The number of nitrogens with one attached hydrogen (secondary N) is 1. The van der Waals surface area contributed by atoms with Crippen LogP contribution < -0.4 is 10.2 Å². The van der Waals surface area contributed by atoms with Crippen LogP contribution in [0, 0.1) is 5.82 Å². The van der Waals surface area contributed by atoms with Crippen molar-refractivity contribution < 1.29 is 9.50 Å². The van der Waals surface area contributed by atoms with Gasteiger partial charge in [0.05, 0.1) is 11.8 Å². The fraction of sp³-hybridized carbons (Fsp3) is 0.440. The Morgan fingerprint density at radius 3 is 2.38 bits per heavy atom. The van der Waals surface area contributed by atoms with Gasteiger partial charge in [0, 0.05) is 35.9 Å². The summed E-state index contributed by atoms with van der Waals surface area (Å²) in [5, 5.41) is 23.7. The third-order valence-electron chi connectivity index (χ3n) is 7.17. The number of fused-ring (bicyclic) bond motifs is 2. The van der Waals surface area contributed by atoms with Gasteiger partial charge < -0.3 is 15.3 Å². The van der Waals surface area contributed by atoms with Gasteiger partial charge in [-0.2, -0.15) is 0 Å². The van der Waals surface area contributed by atoms with Gasteiger partial charge in [0.15, 0.2) is 17.5 Å². The van der Waals surface area contributed by atoms with Gasteiger partial charge in [0.1, 0.15) is 10.8 Å². The summed E-state index contributed by atoms with van der Waals surface area (Å²) in [5.41, 5.74) is 1.77. The minimum atomic E-state index is -0.376. The standard InChI is InChI=1S/C25H27FN6OS/c1-34-25-21(26)8-15(12-28-25)14-2-7-20(22(33)9-14)24-27-13-23(30-31-24)32(18-5-6-18)19-10-16-3-4-17(11-19)29-16/h2,7-9,12-13,16-19,29,33H,3-6,10-11H2,1H3/t16-,17+,19?. The molecule has 0 spiro atoms. The van der Waals surface area contributed by atoms with Gasteiger partial charge in [-0.05, 0) is 68.5 Å². The van der Waals surface area contributed by atoms with Crippen LogP contribution in [0.5, 0.6) is 5.75 Å². The molecule has 34 heavy (non-hydrogen) atoms. The van der Waals surface area contributed by atoms with E-state index < -0.39 is 0 Å². The highest BCUT2D eigenvalue weighted by Crippen LogP contribution is 2.39. The molecule has 2 aliphatic heterocycles. The number of phenolic OH excluding ortho intramolecular Hbond substituents is 1. The van der Waals surface area contributed by atoms with Crippen LogP contribution in [-0.4, -0.2) is 55.7 Å². The minimum absolute atomic E-state index is 0.0235. The summed E-state index contributed by atoms with van der Waals surface area (Å²) in [7, 11) is 0. The van der Waals surface area contributed by atoms with E-state index >= 15 is 0 Å². The zero-order valence-corrected chi connectivity index (χ0v) is 19.8. The molecule has 2 N–H and O–H groups in total. The van der Waals surface area contributed by atoms with E-state index in [0.29, 0.717) is 51.7 Å². The number of piperidine rings is 1. The van der Waals surface area contributed by atoms with Crippen molar-refractivity contribution in [2.75, 3.05) is 11.2 Å². The molecule has 4 heterocycles. The number of halogens is 1. The van der Waals surface area contributed by atoms with Crippen LogP contribution in [-0.2, 0) is 0 Å². The zero-order valence-electron chi connectivity index (χ0n) is 19.0. The molecule has 3 aromatic rings. The second-order valence-electron chi connectivity index (χ2n) is 9.49. The van der Waals surface area contributed by atoms with Crippen LogP contribution in [0.25, 0.3) is 22.5 Å². The molecular weight excluding hydrogens is 451 g/mol. The van der Waals surface area contributed by atoms with Gasteiger partial charge in [-0.3, -0.25) is 0 Å². The third kappa shape index (κ3) is 4.11. The lowest BCUT2D eigenvalue weighted by Crippen LogP contribution is -2.49. The quantitative estimate of drug-likeness (QED) is 0.504. The van der Waals surface area contributed by atoms with Gasteiger partial charge in [0.2, 0.25) is 0 Å². The van der Waals surface area contributed by atoms with Crippen molar-refractivity contribution in [3.8, 4) is 28.3 Å². The predicted octanol–water partition coefficient (Wildman–Crippen LogP) is 4.42. The molecule has 176 valence electrons. The fourth-order valence-corrected chi connectivity index (χ4v) is 5.84. The normalized spacial score (nSPS) is 23.8. The molecule has 3 atom stereocenters. The molecule has 1 unspecified atom stereocenters. The molecule has 1 saturated carbocycles. The smallest absolute Gasteiger partial charge is 0.185 e. The van der Waals surface area contributed by atoms with Crippen molar-refractivity contribution in [3.63, 3.8) is 0 Å². The van der Waals surface area contributed by atoms with E-state index in [1.807, 2.05) is 6.07 Å². The number of aromatic nitrogens is 4. The van der Waals surface area contributed by atoms with Crippen molar-refractivity contribution in [3.05, 3.63) is 42.5 Å². The van der Waals surface area contributed by atoms with Gasteiger partial charge in [-0.25, -0.2) is 14.4 Å². The van der Waals surface area contributed by atoms with Crippen molar-refractivity contribution in [2.24, 2.45) is 0 Å². The first kappa shape index (κ1) is 21.7. The van der Waals surface area contributed by atoms with E-state index in [4.69, 9.17) is 0 Å². The molecule has 2 bridgehead atoms. The molecule has 0 radical (unpaired) electrons. The Bertz CT molecular complexity index is 1190. The second kappa shape index (κ2) is 8.78. The maximum absolute atomic E-state index is 14.1. The highest BCUT2D eigenvalue weighted by Gasteiger charge is 2.41. The lowest BCUT2D eigenvalue weighted by Gasteiger charge is -2.38. The Morgan fingerprint density at radius 1 is 0.971 bits per heavy atom. The second-order valence-corrected chi connectivity index (χ2v) is 10.3. The van der Waals surface area contributed by atoms with Crippen molar-refractivity contribution in [1.29, 1.82) is 0 Å². The highest BCUT2D eigenvalue weighted by atomic mass is 32.2. The molecule has 0 amide bonds. The average molecular weight is 479 g/mol. The number of aromatic hydroxyl groups is 1. The summed E-state index contributed by atoms with van der Waals surface area (Å²) in [6, 6.07) is 8.80. The number of rotatable bonds is 6. The van der Waals surface area contributed by atoms with Crippen molar-refractivity contribution in [2.45, 2.75) is 67.7 Å².